The Bertz CT molecular complexity index is 624. The molecule has 0 aliphatic rings. The van der Waals surface area contributed by atoms with E-state index in [0.29, 0.717) is 5.75 Å². The van der Waals surface area contributed by atoms with Gasteiger partial charge in [0.1, 0.15) is 17.1 Å². The van der Waals surface area contributed by atoms with Crippen LogP contribution in [0, 0.1) is 10.1 Å². The summed E-state index contributed by atoms with van der Waals surface area (Å²) in [5.74, 6) is -0.735. The number of hydrogen-bond donors (Lipinski definition) is 1. The number of hydrogen-bond acceptors (Lipinski definition) is 5. The summed E-state index contributed by atoms with van der Waals surface area (Å²) in [6.45, 7) is 0. The lowest BCUT2D eigenvalue weighted by Gasteiger charge is -2.07. The van der Waals surface area contributed by atoms with Crippen molar-refractivity contribution in [3.05, 3.63) is 58.4 Å². The van der Waals surface area contributed by atoms with Crippen LogP contribution >= 0.6 is 0 Å². The van der Waals surface area contributed by atoms with Gasteiger partial charge in [-0.2, -0.15) is 0 Å². The molecule has 1 aromatic carbocycles. The van der Waals surface area contributed by atoms with E-state index in [9.17, 15) is 14.9 Å². The zero-order chi connectivity index (χ0) is 13.8. The first-order chi connectivity index (χ1) is 9.08. The molecule has 2 aromatic rings. The monoisotopic (exact) mass is 260 g/mol. The fourth-order valence-electron chi connectivity index (χ4n) is 1.39. The summed E-state index contributed by atoms with van der Waals surface area (Å²) in [5, 5.41) is 19.4. The Morgan fingerprint density at radius 3 is 2.53 bits per heavy atom. The number of carboxylic acid groups (broad SMARTS) is 1. The van der Waals surface area contributed by atoms with E-state index in [1.165, 1.54) is 42.7 Å². The molecule has 2 rings (SSSR count). The molecule has 1 aromatic heterocycles. The maximum Gasteiger partial charge on any atom is 0.341 e. The molecule has 0 bridgehead atoms. The van der Waals surface area contributed by atoms with E-state index in [1.54, 1.807) is 0 Å². The minimum absolute atomic E-state index is 0.0689. The molecule has 0 unspecified atom stereocenters. The first kappa shape index (κ1) is 12.5. The van der Waals surface area contributed by atoms with Crippen molar-refractivity contribution in [2.24, 2.45) is 0 Å². The van der Waals surface area contributed by atoms with Crippen LogP contribution in [0.2, 0.25) is 0 Å². The van der Waals surface area contributed by atoms with Crippen LogP contribution in [0.25, 0.3) is 0 Å². The molecule has 19 heavy (non-hydrogen) atoms. The zero-order valence-electron chi connectivity index (χ0n) is 9.52. The number of carbonyl (C=O) groups is 1. The van der Waals surface area contributed by atoms with Crippen LogP contribution in [0.3, 0.4) is 0 Å². The number of nitro benzene ring substituents is 1. The number of nitro groups is 1. The van der Waals surface area contributed by atoms with Gasteiger partial charge < -0.3 is 9.84 Å². The highest BCUT2D eigenvalue weighted by atomic mass is 16.6. The van der Waals surface area contributed by atoms with E-state index in [1.807, 2.05) is 0 Å². The van der Waals surface area contributed by atoms with Gasteiger partial charge in [0.25, 0.3) is 5.69 Å². The lowest BCUT2D eigenvalue weighted by Crippen LogP contribution is -2.00. The van der Waals surface area contributed by atoms with Crippen LogP contribution in [0.4, 0.5) is 5.69 Å². The third-order valence-electron chi connectivity index (χ3n) is 2.29. The maximum atomic E-state index is 10.9. The highest BCUT2D eigenvalue weighted by Gasteiger charge is 2.12. The molecule has 0 atom stereocenters. The minimum Gasteiger partial charge on any atom is -0.477 e. The molecule has 0 saturated heterocycles. The SMILES string of the molecule is O=C(O)c1cnccc1Oc1ccc([N+](=O)[O-])cc1. The summed E-state index contributed by atoms with van der Waals surface area (Å²) < 4.78 is 5.36. The van der Waals surface area contributed by atoms with Crippen LogP contribution < -0.4 is 4.74 Å². The molecule has 96 valence electrons. The Morgan fingerprint density at radius 2 is 1.95 bits per heavy atom. The third-order valence-corrected chi connectivity index (χ3v) is 2.29. The van der Waals surface area contributed by atoms with Crippen molar-refractivity contribution in [1.29, 1.82) is 0 Å². The lowest BCUT2D eigenvalue weighted by molar-refractivity contribution is -0.384. The number of nitrogens with zero attached hydrogens (tertiary/aromatic N) is 2. The molecule has 0 radical (unpaired) electrons. The van der Waals surface area contributed by atoms with Crippen molar-refractivity contribution in [2.45, 2.75) is 0 Å². The number of aromatic nitrogens is 1. The van der Waals surface area contributed by atoms with Gasteiger partial charge >= 0.3 is 5.97 Å². The fraction of sp³-hybridized carbons (Fsp3) is 0. The average Bonchev–Trinajstić information content (AvgIpc) is 2.39. The Labute approximate surface area is 107 Å². The van der Waals surface area contributed by atoms with Crippen molar-refractivity contribution >= 4 is 11.7 Å². The molecule has 0 spiro atoms. The molecule has 1 N–H and O–H groups in total. The molecule has 0 amide bonds. The number of rotatable bonds is 4. The highest BCUT2D eigenvalue weighted by Crippen LogP contribution is 2.26. The van der Waals surface area contributed by atoms with Gasteiger partial charge in [-0.15, -0.1) is 0 Å². The molecule has 0 aliphatic heterocycles. The second-order valence-electron chi connectivity index (χ2n) is 3.53. The quantitative estimate of drug-likeness (QED) is 0.669. The second-order valence-corrected chi connectivity index (χ2v) is 3.53. The number of pyridine rings is 1. The van der Waals surface area contributed by atoms with Gasteiger partial charge in [-0.1, -0.05) is 0 Å². The van der Waals surface area contributed by atoms with E-state index in [4.69, 9.17) is 9.84 Å². The molecule has 7 nitrogen and oxygen atoms in total. The number of non-ortho nitro benzene ring substituents is 1. The molecular weight excluding hydrogens is 252 g/mol. The van der Waals surface area contributed by atoms with Crippen molar-refractivity contribution < 1.29 is 19.6 Å². The molecular formula is C12H8N2O5. The second kappa shape index (κ2) is 5.13. The maximum absolute atomic E-state index is 10.9. The van der Waals surface area contributed by atoms with E-state index < -0.39 is 10.9 Å². The first-order valence-corrected chi connectivity index (χ1v) is 5.17. The predicted octanol–water partition coefficient (Wildman–Crippen LogP) is 2.48. The average molecular weight is 260 g/mol. The van der Waals surface area contributed by atoms with Gasteiger partial charge in [0.05, 0.1) is 4.92 Å². The Balaban J connectivity index is 2.26. The van der Waals surface area contributed by atoms with E-state index in [2.05, 4.69) is 4.98 Å². The molecule has 0 fully saturated rings. The van der Waals surface area contributed by atoms with Crippen molar-refractivity contribution in [3.8, 4) is 11.5 Å². The summed E-state index contributed by atoms with van der Waals surface area (Å²) in [6.07, 6.45) is 2.57. The minimum atomic E-state index is -1.16. The standard InChI is InChI=1S/C12H8N2O5/c15-12(16)10-7-13-6-5-11(10)19-9-3-1-8(2-4-9)14(17)18/h1-7H,(H,15,16). The van der Waals surface area contributed by atoms with Crippen LogP contribution in [-0.4, -0.2) is 21.0 Å². The predicted molar refractivity (Wildman–Crippen MR) is 64.4 cm³/mol. The normalized spacial score (nSPS) is 9.89. The number of ether oxygens (including phenoxy) is 1. The van der Waals surface area contributed by atoms with Crippen LogP contribution in [-0.2, 0) is 0 Å². The topological polar surface area (TPSA) is 103 Å². The third kappa shape index (κ3) is 2.83. The number of aromatic carboxylic acids is 1. The fourth-order valence-corrected chi connectivity index (χ4v) is 1.39. The van der Waals surface area contributed by atoms with Crippen molar-refractivity contribution in [2.75, 3.05) is 0 Å². The molecule has 0 saturated carbocycles. The van der Waals surface area contributed by atoms with Crippen LogP contribution in [0.15, 0.2) is 42.7 Å². The smallest absolute Gasteiger partial charge is 0.341 e. The van der Waals surface area contributed by atoms with Crippen LogP contribution in [0.5, 0.6) is 11.5 Å². The molecule has 1 heterocycles. The summed E-state index contributed by atoms with van der Waals surface area (Å²) >= 11 is 0. The van der Waals surface area contributed by atoms with Gasteiger partial charge in [-0.3, -0.25) is 15.1 Å². The summed E-state index contributed by atoms with van der Waals surface area (Å²) in [7, 11) is 0. The summed E-state index contributed by atoms with van der Waals surface area (Å²) in [4.78, 5) is 24.6. The summed E-state index contributed by atoms with van der Waals surface area (Å²) in [6, 6.07) is 6.74. The Hall–Kier alpha value is -2.96. The molecule has 7 heteroatoms. The van der Waals surface area contributed by atoms with E-state index >= 15 is 0 Å². The van der Waals surface area contributed by atoms with E-state index in [-0.39, 0.29) is 17.0 Å². The summed E-state index contributed by atoms with van der Waals surface area (Å²) in [5.41, 5.74) is -0.151. The number of carboxylic acids is 1. The van der Waals surface area contributed by atoms with Gasteiger partial charge in [0.2, 0.25) is 0 Å². The largest absolute Gasteiger partial charge is 0.477 e. The van der Waals surface area contributed by atoms with E-state index in [0.717, 1.165) is 0 Å². The highest BCUT2D eigenvalue weighted by molar-refractivity contribution is 5.90. The van der Waals surface area contributed by atoms with Gasteiger partial charge in [0, 0.05) is 30.6 Å². The van der Waals surface area contributed by atoms with Gasteiger partial charge in [0.15, 0.2) is 0 Å². The Morgan fingerprint density at radius 1 is 1.26 bits per heavy atom. The van der Waals surface area contributed by atoms with Crippen molar-refractivity contribution in [1.82, 2.24) is 4.98 Å². The zero-order valence-corrected chi connectivity index (χ0v) is 9.52. The van der Waals surface area contributed by atoms with Gasteiger partial charge in [-0.05, 0) is 12.1 Å². The Kier molecular flexibility index (Phi) is 3.37. The van der Waals surface area contributed by atoms with Gasteiger partial charge in [-0.25, -0.2) is 4.79 Å². The lowest BCUT2D eigenvalue weighted by atomic mass is 10.2. The first-order valence-electron chi connectivity index (χ1n) is 5.17. The van der Waals surface area contributed by atoms with Crippen molar-refractivity contribution in [3.63, 3.8) is 0 Å². The molecule has 0 aliphatic carbocycles. The van der Waals surface area contributed by atoms with Crippen LogP contribution in [0.1, 0.15) is 10.4 Å². The number of benzene rings is 1.